The Morgan fingerprint density at radius 1 is 1.33 bits per heavy atom. The molecular formula is C12H27NO2. The summed E-state index contributed by atoms with van der Waals surface area (Å²) in [5.74, 6) is 0.978. The molecule has 0 unspecified atom stereocenters. The first-order valence-corrected chi connectivity index (χ1v) is 5.94. The molecule has 0 radical (unpaired) electrons. The van der Waals surface area contributed by atoms with Crippen LogP contribution < -0.4 is 0 Å². The summed E-state index contributed by atoms with van der Waals surface area (Å²) in [5.41, 5.74) is 0. The van der Waals surface area contributed by atoms with Crippen LogP contribution >= 0.6 is 0 Å². The van der Waals surface area contributed by atoms with Crippen molar-refractivity contribution in [1.82, 2.24) is 4.90 Å². The average Bonchev–Trinajstić information content (AvgIpc) is 2.27. The van der Waals surface area contributed by atoms with E-state index in [0.717, 1.165) is 5.92 Å². The Labute approximate surface area is 94.8 Å². The molecule has 1 aliphatic rings. The highest BCUT2D eigenvalue weighted by Gasteiger charge is 2.10. The van der Waals surface area contributed by atoms with Crippen molar-refractivity contribution >= 4 is 6.47 Å². The molecule has 1 saturated heterocycles. The van der Waals surface area contributed by atoms with E-state index < -0.39 is 0 Å². The monoisotopic (exact) mass is 217 g/mol. The highest BCUT2D eigenvalue weighted by atomic mass is 16.5. The fourth-order valence-electron chi connectivity index (χ4n) is 1.21. The van der Waals surface area contributed by atoms with Gasteiger partial charge >= 0.3 is 0 Å². The van der Waals surface area contributed by atoms with E-state index in [9.17, 15) is 4.79 Å². The number of ether oxygens (including phenoxy) is 1. The van der Waals surface area contributed by atoms with Crippen LogP contribution in [0.25, 0.3) is 0 Å². The molecule has 1 fully saturated rings. The lowest BCUT2D eigenvalue weighted by Gasteiger charge is -2.26. The lowest BCUT2D eigenvalue weighted by atomic mass is 10.00. The zero-order valence-electron chi connectivity index (χ0n) is 11.0. The van der Waals surface area contributed by atoms with Crippen molar-refractivity contribution in [3.8, 4) is 0 Å². The van der Waals surface area contributed by atoms with Gasteiger partial charge in [-0.3, -0.25) is 4.79 Å². The van der Waals surface area contributed by atoms with Crippen LogP contribution in [0.2, 0.25) is 0 Å². The fraction of sp³-hybridized carbons (Fsp3) is 0.917. The van der Waals surface area contributed by atoms with Crippen LogP contribution in [-0.4, -0.2) is 38.1 Å². The number of nitrogens with zero attached hydrogens (tertiary/aromatic N) is 1. The quantitative estimate of drug-likeness (QED) is 0.666. The zero-order chi connectivity index (χ0) is 12.1. The summed E-state index contributed by atoms with van der Waals surface area (Å²) in [5, 5.41) is 0. The zero-order valence-corrected chi connectivity index (χ0v) is 11.0. The first-order chi connectivity index (χ1) is 7.20. The number of rotatable bonds is 2. The van der Waals surface area contributed by atoms with Crippen LogP contribution in [-0.2, 0) is 9.53 Å². The van der Waals surface area contributed by atoms with E-state index in [0.29, 0.717) is 13.1 Å². The molecule has 0 spiro atoms. The molecule has 0 saturated carbocycles. The van der Waals surface area contributed by atoms with Gasteiger partial charge in [-0.15, -0.1) is 0 Å². The van der Waals surface area contributed by atoms with E-state index in [1.807, 2.05) is 13.8 Å². The van der Waals surface area contributed by atoms with Gasteiger partial charge in [0.1, 0.15) is 0 Å². The van der Waals surface area contributed by atoms with Gasteiger partial charge < -0.3 is 9.64 Å². The van der Waals surface area contributed by atoms with Gasteiger partial charge in [-0.25, -0.2) is 0 Å². The van der Waals surface area contributed by atoms with Crippen LogP contribution in [0.15, 0.2) is 0 Å². The molecule has 92 valence electrons. The van der Waals surface area contributed by atoms with Gasteiger partial charge in [0.25, 0.3) is 6.47 Å². The van der Waals surface area contributed by atoms with Crippen LogP contribution in [0.4, 0.5) is 0 Å². The third kappa shape index (κ3) is 13.4. The SMILES string of the molecule is CC.CC1CCN(C)CC1.CCOC=O. The van der Waals surface area contributed by atoms with Crippen molar-refractivity contribution in [3.63, 3.8) is 0 Å². The molecule has 3 heteroatoms. The summed E-state index contributed by atoms with van der Waals surface area (Å²) in [7, 11) is 2.20. The van der Waals surface area contributed by atoms with Crippen molar-refractivity contribution < 1.29 is 9.53 Å². The van der Waals surface area contributed by atoms with E-state index in [2.05, 4.69) is 23.6 Å². The molecular weight excluding hydrogens is 190 g/mol. The second-order valence-corrected chi connectivity index (χ2v) is 3.54. The van der Waals surface area contributed by atoms with Crippen LogP contribution in [0.5, 0.6) is 0 Å². The lowest BCUT2D eigenvalue weighted by Crippen LogP contribution is -2.28. The van der Waals surface area contributed by atoms with E-state index in [1.54, 1.807) is 6.92 Å². The summed E-state index contributed by atoms with van der Waals surface area (Å²) in [6, 6.07) is 0. The molecule has 0 amide bonds. The van der Waals surface area contributed by atoms with Crippen molar-refractivity contribution in [3.05, 3.63) is 0 Å². The summed E-state index contributed by atoms with van der Waals surface area (Å²) < 4.78 is 4.15. The molecule has 1 rings (SSSR count). The maximum atomic E-state index is 9.18. The van der Waals surface area contributed by atoms with Crippen molar-refractivity contribution in [1.29, 1.82) is 0 Å². The minimum absolute atomic E-state index is 0.431. The Kier molecular flexibility index (Phi) is 15.1. The van der Waals surface area contributed by atoms with Crippen LogP contribution in [0.3, 0.4) is 0 Å². The second-order valence-electron chi connectivity index (χ2n) is 3.54. The van der Waals surface area contributed by atoms with Gasteiger partial charge in [-0.1, -0.05) is 20.8 Å². The largest absolute Gasteiger partial charge is 0.468 e. The second kappa shape index (κ2) is 13.4. The Balaban J connectivity index is 0. The van der Waals surface area contributed by atoms with Crippen LogP contribution in [0, 0.1) is 5.92 Å². The Morgan fingerprint density at radius 3 is 2.00 bits per heavy atom. The van der Waals surface area contributed by atoms with E-state index in [4.69, 9.17) is 0 Å². The van der Waals surface area contributed by atoms with Crippen LogP contribution in [0.1, 0.15) is 40.5 Å². The first kappa shape index (κ1) is 16.8. The molecule has 15 heavy (non-hydrogen) atoms. The fourth-order valence-corrected chi connectivity index (χ4v) is 1.21. The van der Waals surface area contributed by atoms with Gasteiger partial charge in [0, 0.05) is 0 Å². The van der Waals surface area contributed by atoms with E-state index in [1.165, 1.54) is 25.9 Å². The highest BCUT2D eigenvalue weighted by molar-refractivity contribution is 5.36. The van der Waals surface area contributed by atoms with Crippen molar-refractivity contribution in [2.75, 3.05) is 26.7 Å². The van der Waals surface area contributed by atoms with Crippen molar-refractivity contribution in [2.45, 2.75) is 40.5 Å². The molecule has 0 N–H and O–H groups in total. The number of hydrogen-bond acceptors (Lipinski definition) is 3. The van der Waals surface area contributed by atoms with Gasteiger partial charge in [-0.05, 0) is 45.8 Å². The van der Waals surface area contributed by atoms with Crippen molar-refractivity contribution in [2.24, 2.45) is 5.92 Å². The number of hydrogen-bond donors (Lipinski definition) is 0. The standard InChI is InChI=1S/C7H15N.C3H6O2.C2H6/c1-7-3-5-8(2)6-4-7;1-2-5-3-4;1-2/h7H,3-6H2,1-2H3;3H,2H2,1H3;1-2H3. The molecule has 0 aromatic carbocycles. The average molecular weight is 217 g/mol. The van der Waals surface area contributed by atoms with Gasteiger partial charge in [0.2, 0.25) is 0 Å². The summed E-state index contributed by atoms with van der Waals surface area (Å²) in [4.78, 5) is 11.6. The molecule has 0 aliphatic carbocycles. The van der Waals surface area contributed by atoms with Gasteiger partial charge in [0.15, 0.2) is 0 Å². The Hall–Kier alpha value is -0.570. The predicted octanol–water partition coefficient (Wildman–Crippen LogP) is 2.55. The first-order valence-electron chi connectivity index (χ1n) is 5.94. The van der Waals surface area contributed by atoms with Gasteiger partial charge in [-0.2, -0.15) is 0 Å². The maximum Gasteiger partial charge on any atom is 0.293 e. The topological polar surface area (TPSA) is 29.5 Å². The normalized spacial score (nSPS) is 16.6. The Bertz CT molecular complexity index is 111. The lowest BCUT2D eigenvalue weighted by molar-refractivity contribution is -0.128. The predicted molar refractivity (Wildman–Crippen MR) is 64.9 cm³/mol. The Morgan fingerprint density at radius 2 is 1.80 bits per heavy atom. The summed E-state index contributed by atoms with van der Waals surface area (Å²) >= 11 is 0. The molecule has 0 bridgehead atoms. The maximum absolute atomic E-state index is 9.18. The highest BCUT2D eigenvalue weighted by Crippen LogP contribution is 2.13. The molecule has 0 atom stereocenters. The van der Waals surface area contributed by atoms with Gasteiger partial charge in [0.05, 0.1) is 6.61 Å². The number of likely N-dealkylation sites (tertiary alicyclic amines) is 1. The molecule has 1 aliphatic heterocycles. The summed E-state index contributed by atoms with van der Waals surface area (Å²) in [6.45, 7) is 11.6. The molecule has 3 nitrogen and oxygen atoms in total. The molecule has 1 heterocycles. The molecule has 0 aromatic rings. The molecule has 0 aromatic heterocycles. The third-order valence-corrected chi connectivity index (χ3v) is 2.24. The number of carbonyl (C=O) groups is 1. The van der Waals surface area contributed by atoms with E-state index in [-0.39, 0.29) is 0 Å². The minimum Gasteiger partial charge on any atom is -0.468 e. The summed E-state index contributed by atoms with van der Waals surface area (Å²) in [6.07, 6.45) is 2.80. The number of piperidine rings is 1. The smallest absolute Gasteiger partial charge is 0.293 e. The third-order valence-electron chi connectivity index (χ3n) is 2.24. The minimum atomic E-state index is 0.431. The number of carbonyl (C=O) groups excluding carboxylic acids is 1. The van der Waals surface area contributed by atoms with E-state index >= 15 is 0 Å².